The van der Waals surface area contributed by atoms with Gasteiger partial charge in [-0.3, -0.25) is 0 Å². The molecular weight excluding hydrogens is 503 g/mol. The molecule has 0 spiro atoms. The van der Waals surface area contributed by atoms with Crippen molar-refractivity contribution in [2.24, 2.45) is 0 Å². The van der Waals surface area contributed by atoms with E-state index in [-0.39, 0.29) is 29.9 Å². The molecule has 2 atom stereocenters. The van der Waals surface area contributed by atoms with E-state index in [0.717, 1.165) is 16.3 Å². The largest absolute Gasteiger partial charge is 0.481 e. The second-order valence-electron chi connectivity index (χ2n) is 10.0. The zero-order chi connectivity index (χ0) is 25.6. The van der Waals surface area contributed by atoms with Crippen LogP contribution in [0.1, 0.15) is 39.4 Å². The van der Waals surface area contributed by atoms with E-state index < -0.39 is 11.7 Å². The fraction of sp³-hybridized carbons (Fsp3) is 0.423. The van der Waals surface area contributed by atoms with Gasteiger partial charge in [-0.15, -0.1) is 0 Å². The number of rotatable bonds is 2. The van der Waals surface area contributed by atoms with Gasteiger partial charge in [-0.05, 0) is 50.7 Å². The molecule has 5 rings (SSSR count). The molecule has 2 aromatic carbocycles. The summed E-state index contributed by atoms with van der Waals surface area (Å²) in [6.07, 6.45) is -0.741. The lowest BCUT2D eigenvalue weighted by Crippen LogP contribution is -2.55. The van der Waals surface area contributed by atoms with Crippen LogP contribution in [0.2, 0.25) is 10.3 Å². The highest BCUT2D eigenvalue weighted by Gasteiger charge is 2.36. The number of fused-ring (bicyclic) bond motifs is 2. The highest BCUT2D eigenvalue weighted by atomic mass is 35.5. The fourth-order valence-corrected chi connectivity index (χ4v) is 5.08. The van der Waals surface area contributed by atoms with E-state index >= 15 is 0 Å². The van der Waals surface area contributed by atoms with Crippen LogP contribution in [0.25, 0.3) is 10.8 Å². The third-order valence-corrected chi connectivity index (χ3v) is 6.69. The van der Waals surface area contributed by atoms with Gasteiger partial charge in [0, 0.05) is 41.6 Å². The summed E-state index contributed by atoms with van der Waals surface area (Å²) >= 11 is 12.9. The summed E-state index contributed by atoms with van der Waals surface area (Å²) in [5.41, 5.74) is 0.367. The maximum Gasteiger partial charge on any atom is 0.410 e. The van der Waals surface area contributed by atoms with Gasteiger partial charge in [-0.25, -0.2) is 4.79 Å². The standard InChI is InChI=1S/C26H28Cl2N4O4/c1-15-13-31(25(33)36-26(2,3)4)11-12-32(15)22-21-23(30-24(28)29-22)35-19(14-34-21)17-9-5-7-16-8-6-10-18(27)20(16)17/h5-10,15,19H,11-14H2,1-4H3/t15-,19?/m0/s1. The van der Waals surface area contributed by atoms with Crippen LogP contribution < -0.4 is 14.4 Å². The Bertz CT molecular complexity index is 1310. The minimum absolute atomic E-state index is 0.0560. The first-order valence-electron chi connectivity index (χ1n) is 11.9. The van der Waals surface area contributed by atoms with Crippen LogP contribution in [-0.2, 0) is 4.74 Å². The highest BCUT2D eigenvalue weighted by Crippen LogP contribution is 2.44. The number of carbonyl (C=O) groups is 1. The summed E-state index contributed by atoms with van der Waals surface area (Å²) in [5.74, 6) is 1.28. The molecule has 0 bridgehead atoms. The average molecular weight is 531 g/mol. The van der Waals surface area contributed by atoms with E-state index in [1.54, 1.807) is 4.90 Å². The molecule has 190 valence electrons. The Morgan fingerprint density at radius 2 is 1.86 bits per heavy atom. The van der Waals surface area contributed by atoms with E-state index in [0.29, 0.717) is 36.2 Å². The van der Waals surface area contributed by atoms with E-state index in [4.69, 9.17) is 37.4 Å². The van der Waals surface area contributed by atoms with Crippen molar-refractivity contribution in [3.8, 4) is 11.6 Å². The lowest BCUT2D eigenvalue weighted by molar-refractivity contribution is 0.0217. The van der Waals surface area contributed by atoms with Gasteiger partial charge in [-0.2, -0.15) is 9.97 Å². The quantitative estimate of drug-likeness (QED) is 0.382. The van der Waals surface area contributed by atoms with Crippen molar-refractivity contribution in [3.05, 3.63) is 52.3 Å². The topological polar surface area (TPSA) is 77.0 Å². The van der Waals surface area contributed by atoms with Crippen LogP contribution in [0.3, 0.4) is 0 Å². The first kappa shape index (κ1) is 24.7. The van der Waals surface area contributed by atoms with Gasteiger partial charge in [-0.1, -0.05) is 41.9 Å². The second kappa shape index (κ2) is 9.48. The summed E-state index contributed by atoms with van der Waals surface area (Å²) in [4.78, 5) is 25.1. The van der Waals surface area contributed by atoms with E-state index in [1.165, 1.54) is 0 Å². The molecule has 8 nitrogen and oxygen atoms in total. The predicted molar refractivity (Wildman–Crippen MR) is 139 cm³/mol. The van der Waals surface area contributed by atoms with Crippen molar-refractivity contribution in [1.82, 2.24) is 14.9 Å². The summed E-state index contributed by atoms with van der Waals surface area (Å²) in [5, 5.41) is 2.65. The molecule has 10 heteroatoms. The molecule has 3 heterocycles. The number of ether oxygens (including phenoxy) is 3. The van der Waals surface area contributed by atoms with Crippen molar-refractivity contribution in [2.45, 2.75) is 45.4 Å². The summed E-state index contributed by atoms with van der Waals surface area (Å²) in [7, 11) is 0. The van der Waals surface area contributed by atoms with Crippen molar-refractivity contribution >= 4 is 45.9 Å². The third-order valence-electron chi connectivity index (χ3n) is 6.21. The van der Waals surface area contributed by atoms with Crippen LogP contribution in [-0.4, -0.2) is 58.8 Å². The number of amides is 1. The lowest BCUT2D eigenvalue weighted by atomic mass is 10.00. The molecule has 36 heavy (non-hydrogen) atoms. The summed E-state index contributed by atoms with van der Waals surface area (Å²) in [6, 6.07) is 11.7. The van der Waals surface area contributed by atoms with Crippen molar-refractivity contribution in [3.63, 3.8) is 0 Å². The average Bonchev–Trinajstić information content (AvgIpc) is 2.82. The predicted octanol–water partition coefficient (Wildman–Crippen LogP) is 5.89. The van der Waals surface area contributed by atoms with Crippen LogP contribution >= 0.6 is 23.2 Å². The molecule has 2 aliphatic heterocycles. The Labute approximate surface area is 220 Å². The normalized spacial score (nSPS) is 19.9. The molecule has 2 aliphatic rings. The molecule has 1 aromatic heterocycles. The molecule has 3 aromatic rings. The van der Waals surface area contributed by atoms with Crippen LogP contribution in [0.4, 0.5) is 10.6 Å². The molecule has 1 amide bonds. The number of piperazine rings is 1. The number of hydrogen-bond donors (Lipinski definition) is 0. The summed E-state index contributed by atoms with van der Waals surface area (Å²) in [6.45, 7) is 9.34. The van der Waals surface area contributed by atoms with Gasteiger partial charge in [0.25, 0.3) is 5.88 Å². The van der Waals surface area contributed by atoms with E-state index in [2.05, 4.69) is 14.9 Å². The Kier molecular flexibility index (Phi) is 6.51. The zero-order valence-corrected chi connectivity index (χ0v) is 22.1. The molecule has 0 aliphatic carbocycles. The first-order valence-corrected chi connectivity index (χ1v) is 12.6. The Morgan fingerprint density at radius 1 is 1.11 bits per heavy atom. The van der Waals surface area contributed by atoms with Gasteiger partial charge in [0.15, 0.2) is 11.9 Å². The number of carbonyl (C=O) groups excluding carboxylic acids is 1. The molecule has 0 radical (unpaired) electrons. The number of aromatic nitrogens is 2. The fourth-order valence-electron chi connectivity index (χ4n) is 4.63. The molecule has 1 unspecified atom stereocenters. The van der Waals surface area contributed by atoms with Crippen molar-refractivity contribution in [1.29, 1.82) is 0 Å². The number of halogens is 2. The van der Waals surface area contributed by atoms with Gasteiger partial charge >= 0.3 is 6.09 Å². The van der Waals surface area contributed by atoms with Crippen LogP contribution in [0.15, 0.2) is 36.4 Å². The SMILES string of the molecule is C[C@H]1CN(C(=O)OC(C)(C)C)CCN1c1nc(Cl)nc2c1OCC(c1cccc3cccc(Cl)c13)O2. The van der Waals surface area contributed by atoms with E-state index in [9.17, 15) is 4.79 Å². The minimum atomic E-state index is -0.549. The summed E-state index contributed by atoms with van der Waals surface area (Å²) < 4.78 is 18.1. The monoisotopic (exact) mass is 530 g/mol. The molecule has 1 fully saturated rings. The number of hydrogen-bond acceptors (Lipinski definition) is 7. The Hall–Kier alpha value is -2.97. The smallest absolute Gasteiger partial charge is 0.410 e. The van der Waals surface area contributed by atoms with Crippen LogP contribution in [0.5, 0.6) is 11.6 Å². The number of benzene rings is 2. The van der Waals surface area contributed by atoms with Gasteiger partial charge in [0.05, 0.1) is 0 Å². The number of anilines is 1. The molecule has 0 saturated carbocycles. The van der Waals surface area contributed by atoms with Crippen LogP contribution in [0, 0.1) is 0 Å². The molecular formula is C26H28Cl2N4O4. The van der Waals surface area contributed by atoms with E-state index in [1.807, 2.05) is 64.1 Å². The van der Waals surface area contributed by atoms with Gasteiger partial charge < -0.3 is 24.0 Å². The maximum absolute atomic E-state index is 12.6. The molecule has 1 saturated heterocycles. The minimum Gasteiger partial charge on any atom is -0.481 e. The maximum atomic E-state index is 12.6. The highest BCUT2D eigenvalue weighted by molar-refractivity contribution is 6.35. The zero-order valence-electron chi connectivity index (χ0n) is 20.6. The Morgan fingerprint density at radius 3 is 2.58 bits per heavy atom. The van der Waals surface area contributed by atoms with Gasteiger partial charge in [0.2, 0.25) is 11.0 Å². The third kappa shape index (κ3) is 4.84. The van der Waals surface area contributed by atoms with Gasteiger partial charge in [0.1, 0.15) is 12.2 Å². The first-order chi connectivity index (χ1) is 17.1. The second-order valence-corrected chi connectivity index (χ2v) is 10.8. The van der Waals surface area contributed by atoms with Crippen molar-refractivity contribution in [2.75, 3.05) is 31.1 Å². The molecule has 0 N–H and O–H groups in total. The number of nitrogens with zero attached hydrogens (tertiary/aromatic N) is 4. The lowest BCUT2D eigenvalue weighted by Gasteiger charge is -2.41. The Balaban J connectivity index is 1.40. The van der Waals surface area contributed by atoms with Crippen molar-refractivity contribution < 1.29 is 19.0 Å².